The molecule has 0 bridgehead atoms. The van der Waals surface area contributed by atoms with Crippen LogP contribution >= 0.6 is 11.6 Å². The van der Waals surface area contributed by atoms with Gasteiger partial charge in [-0.3, -0.25) is 14.4 Å². The molecule has 0 spiro atoms. The van der Waals surface area contributed by atoms with Crippen LogP contribution in [-0.4, -0.2) is 48.9 Å². The maximum Gasteiger partial charge on any atom is 0.416 e. The van der Waals surface area contributed by atoms with Crippen LogP contribution in [0.2, 0.25) is 0 Å². The number of alkyl halides is 3. The van der Waals surface area contributed by atoms with Crippen molar-refractivity contribution < 1.29 is 32.3 Å². The van der Waals surface area contributed by atoms with E-state index in [9.17, 15) is 27.6 Å². The molecule has 2 aromatic rings. The average molecular weight is 494 g/mol. The summed E-state index contributed by atoms with van der Waals surface area (Å²) < 4.78 is 44.4. The predicted octanol–water partition coefficient (Wildman–Crippen LogP) is 3.54. The van der Waals surface area contributed by atoms with E-state index in [2.05, 4.69) is 5.32 Å². The van der Waals surface area contributed by atoms with Gasteiger partial charge in [-0.15, -0.1) is 0 Å². The van der Waals surface area contributed by atoms with Crippen LogP contribution in [0.15, 0.2) is 59.3 Å². The minimum Gasteiger partial charge on any atom is -0.378 e. The Kier molecular flexibility index (Phi) is 6.63. The SMILES string of the molecule is O=C(Cc1ccc(NC2=C(Cl)C(=O)N(c3cccc(C(F)(F)F)c3)C2=O)cc1)N1CCOCC1. The zero-order chi connectivity index (χ0) is 24.5. The Labute approximate surface area is 197 Å². The summed E-state index contributed by atoms with van der Waals surface area (Å²) in [6, 6.07) is 10.5. The fourth-order valence-corrected chi connectivity index (χ4v) is 3.83. The molecule has 0 aromatic heterocycles. The lowest BCUT2D eigenvalue weighted by Gasteiger charge is -2.26. The molecule has 0 atom stereocenters. The predicted molar refractivity (Wildman–Crippen MR) is 118 cm³/mol. The van der Waals surface area contributed by atoms with Crippen molar-refractivity contribution in [2.24, 2.45) is 0 Å². The summed E-state index contributed by atoms with van der Waals surface area (Å²) in [7, 11) is 0. The number of carbonyl (C=O) groups is 3. The number of carbonyl (C=O) groups excluding carboxylic acids is 3. The van der Waals surface area contributed by atoms with Crippen LogP contribution in [0.5, 0.6) is 0 Å². The standard InChI is InChI=1S/C23H19ClF3N3O4/c24-19-20(22(33)30(21(19)32)17-3-1-2-15(13-17)23(25,26)27)28-16-6-4-14(5-7-16)12-18(31)29-8-10-34-11-9-29/h1-7,13,28H,8-12H2. The summed E-state index contributed by atoms with van der Waals surface area (Å²) in [6.07, 6.45) is -4.44. The number of hydrogen-bond acceptors (Lipinski definition) is 5. The van der Waals surface area contributed by atoms with E-state index in [1.54, 1.807) is 29.2 Å². The van der Waals surface area contributed by atoms with E-state index in [4.69, 9.17) is 16.3 Å². The fourth-order valence-electron chi connectivity index (χ4n) is 3.62. The summed E-state index contributed by atoms with van der Waals surface area (Å²) in [5, 5.41) is 2.32. The molecular weight excluding hydrogens is 475 g/mol. The quantitative estimate of drug-likeness (QED) is 0.645. The summed E-state index contributed by atoms with van der Waals surface area (Å²) in [4.78, 5) is 40.1. The minimum absolute atomic E-state index is 0.0249. The van der Waals surface area contributed by atoms with Crippen LogP contribution in [0.4, 0.5) is 24.5 Å². The molecule has 11 heteroatoms. The van der Waals surface area contributed by atoms with Gasteiger partial charge in [-0.2, -0.15) is 13.2 Å². The van der Waals surface area contributed by atoms with Crippen molar-refractivity contribution in [2.75, 3.05) is 36.5 Å². The Balaban J connectivity index is 1.46. The average Bonchev–Trinajstić information content (AvgIpc) is 3.03. The molecule has 0 saturated carbocycles. The largest absolute Gasteiger partial charge is 0.416 e. The second-order valence-electron chi connectivity index (χ2n) is 7.67. The topological polar surface area (TPSA) is 79.0 Å². The van der Waals surface area contributed by atoms with Crippen LogP contribution < -0.4 is 10.2 Å². The van der Waals surface area contributed by atoms with E-state index in [-0.39, 0.29) is 23.7 Å². The monoisotopic (exact) mass is 493 g/mol. The molecule has 34 heavy (non-hydrogen) atoms. The normalized spacial score (nSPS) is 16.9. The third-order valence-corrected chi connectivity index (χ3v) is 5.75. The number of imide groups is 1. The van der Waals surface area contributed by atoms with E-state index in [1.165, 1.54) is 6.07 Å². The minimum atomic E-state index is -4.63. The van der Waals surface area contributed by atoms with Crippen molar-refractivity contribution >= 4 is 40.7 Å². The Bertz CT molecular complexity index is 1160. The fraction of sp³-hybridized carbons (Fsp3) is 0.261. The van der Waals surface area contributed by atoms with E-state index in [1.807, 2.05) is 0 Å². The molecule has 2 aromatic carbocycles. The van der Waals surface area contributed by atoms with Gasteiger partial charge in [0.2, 0.25) is 5.91 Å². The molecule has 178 valence electrons. The molecule has 0 unspecified atom stereocenters. The lowest BCUT2D eigenvalue weighted by molar-refractivity contribution is -0.137. The highest BCUT2D eigenvalue weighted by atomic mass is 35.5. The number of morpholine rings is 1. The molecule has 3 amide bonds. The molecule has 0 aliphatic carbocycles. The van der Waals surface area contributed by atoms with Crippen LogP contribution in [0.3, 0.4) is 0 Å². The first-order chi connectivity index (χ1) is 16.1. The number of anilines is 2. The van der Waals surface area contributed by atoms with Gasteiger partial charge in [-0.25, -0.2) is 4.90 Å². The Morgan fingerprint density at radius 3 is 2.35 bits per heavy atom. The molecule has 2 aliphatic rings. The molecular formula is C23H19ClF3N3O4. The lowest BCUT2D eigenvalue weighted by atomic mass is 10.1. The van der Waals surface area contributed by atoms with Crippen molar-refractivity contribution in [1.82, 2.24) is 4.90 Å². The Morgan fingerprint density at radius 2 is 1.71 bits per heavy atom. The number of nitrogens with zero attached hydrogens (tertiary/aromatic N) is 2. The van der Waals surface area contributed by atoms with E-state index in [0.717, 1.165) is 17.7 Å². The van der Waals surface area contributed by atoms with Crippen molar-refractivity contribution in [2.45, 2.75) is 12.6 Å². The first-order valence-electron chi connectivity index (χ1n) is 10.3. The zero-order valence-electron chi connectivity index (χ0n) is 17.7. The van der Waals surface area contributed by atoms with Gasteiger partial charge in [0, 0.05) is 18.8 Å². The molecule has 1 fully saturated rings. The first-order valence-corrected chi connectivity index (χ1v) is 10.7. The Morgan fingerprint density at radius 1 is 1.03 bits per heavy atom. The molecule has 2 aliphatic heterocycles. The molecule has 7 nitrogen and oxygen atoms in total. The van der Waals surface area contributed by atoms with Gasteiger partial charge in [0.25, 0.3) is 11.8 Å². The smallest absolute Gasteiger partial charge is 0.378 e. The third-order valence-electron chi connectivity index (χ3n) is 5.40. The van der Waals surface area contributed by atoms with Gasteiger partial charge in [0.15, 0.2) is 0 Å². The summed E-state index contributed by atoms with van der Waals surface area (Å²) in [5.74, 6) is -1.83. The number of amides is 3. The van der Waals surface area contributed by atoms with Crippen molar-refractivity contribution in [3.05, 3.63) is 70.4 Å². The van der Waals surface area contributed by atoms with E-state index >= 15 is 0 Å². The molecule has 2 heterocycles. The van der Waals surface area contributed by atoms with Crippen molar-refractivity contribution in [1.29, 1.82) is 0 Å². The van der Waals surface area contributed by atoms with Crippen molar-refractivity contribution in [3.63, 3.8) is 0 Å². The van der Waals surface area contributed by atoms with Gasteiger partial charge >= 0.3 is 6.18 Å². The van der Waals surface area contributed by atoms with Gasteiger partial charge in [0.05, 0.1) is 30.9 Å². The van der Waals surface area contributed by atoms with Crippen LogP contribution in [0, 0.1) is 0 Å². The molecule has 0 radical (unpaired) electrons. The first kappa shape index (κ1) is 23.8. The number of rotatable bonds is 5. The molecule has 1 N–H and O–H groups in total. The van der Waals surface area contributed by atoms with E-state index < -0.39 is 28.6 Å². The highest BCUT2D eigenvalue weighted by Crippen LogP contribution is 2.35. The third kappa shape index (κ3) is 4.92. The van der Waals surface area contributed by atoms with Crippen LogP contribution in [0.1, 0.15) is 11.1 Å². The highest BCUT2D eigenvalue weighted by molar-refractivity contribution is 6.53. The molecule has 4 rings (SSSR count). The number of nitrogens with one attached hydrogen (secondary N) is 1. The zero-order valence-corrected chi connectivity index (χ0v) is 18.4. The highest BCUT2D eigenvalue weighted by Gasteiger charge is 2.40. The summed E-state index contributed by atoms with van der Waals surface area (Å²) >= 11 is 6.06. The van der Waals surface area contributed by atoms with Crippen molar-refractivity contribution in [3.8, 4) is 0 Å². The number of benzene rings is 2. The van der Waals surface area contributed by atoms with E-state index in [0.29, 0.717) is 43.0 Å². The van der Waals surface area contributed by atoms with Crippen LogP contribution in [0.25, 0.3) is 0 Å². The molecule has 1 saturated heterocycles. The van der Waals surface area contributed by atoms with Gasteiger partial charge < -0.3 is 15.0 Å². The van der Waals surface area contributed by atoms with Gasteiger partial charge in [0.1, 0.15) is 10.7 Å². The van der Waals surface area contributed by atoms with Gasteiger partial charge in [-0.05, 0) is 35.9 Å². The maximum absolute atomic E-state index is 13.0. The lowest BCUT2D eigenvalue weighted by Crippen LogP contribution is -2.41. The summed E-state index contributed by atoms with van der Waals surface area (Å²) in [6.45, 7) is 2.11. The maximum atomic E-state index is 13.0. The summed E-state index contributed by atoms with van der Waals surface area (Å²) in [5.41, 5.74) is -0.312. The number of ether oxygens (including phenoxy) is 1. The Hall–Kier alpha value is -3.37. The second-order valence-corrected chi connectivity index (χ2v) is 8.05. The second kappa shape index (κ2) is 9.47. The van der Waals surface area contributed by atoms with Gasteiger partial charge in [-0.1, -0.05) is 29.8 Å². The number of halogens is 4. The number of hydrogen-bond donors (Lipinski definition) is 1. The van der Waals surface area contributed by atoms with Crippen LogP contribution in [-0.2, 0) is 31.7 Å².